The Labute approximate surface area is 188 Å². The number of carbonyl (C=O) groups excluding carboxylic acids is 2. The smallest absolute Gasteiger partial charge is 0.242 e. The van der Waals surface area contributed by atoms with Gasteiger partial charge in [0.1, 0.15) is 6.04 Å². The van der Waals surface area contributed by atoms with Gasteiger partial charge in [-0.2, -0.15) is 0 Å². The first-order chi connectivity index (χ1) is 14.4. The van der Waals surface area contributed by atoms with Crippen molar-refractivity contribution in [3.8, 4) is 0 Å². The number of rotatable bonds is 7. The second-order valence-electron chi connectivity index (χ2n) is 7.94. The van der Waals surface area contributed by atoms with Crippen LogP contribution in [0.2, 0.25) is 10.0 Å². The maximum Gasteiger partial charge on any atom is 0.242 e. The van der Waals surface area contributed by atoms with E-state index < -0.39 is 6.04 Å². The van der Waals surface area contributed by atoms with Crippen LogP contribution in [-0.4, -0.2) is 28.8 Å². The van der Waals surface area contributed by atoms with Crippen molar-refractivity contribution in [3.05, 3.63) is 69.7 Å². The normalized spacial score (nSPS) is 15.4. The largest absolute Gasteiger partial charge is 0.352 e. The number of benzene rings is 2. The fourth-order valence-electron chi connectivity index (χ4n) is 3.84. The van der Waals surface area contributed by atoms with E-state index in [1.807, 2.05) is 30.3 Å². The Bertz CT molecular complexity index is 864. The quantitative estimate of drug-likeness (QED) is 0.618. The molecule has 0 heterocycles. The van der Waals surface area contributed by atoms with E-state index in [1.165, 1.54) is 6.42 Å². The summed E-state index contributed by atoms with van der Waals surface area (Å²) in [4.78, 5) is 27.8. The average Bonchev–Trinajstić information content (AvgIpc) is 2.75. The lowest BCUT2D eigenvalue weighted by Gasteiger charge is -2.31. The van der Waals surface area contributed by atoms with Crippen LogP contribution < -0.4 is 5.32 Å². The molecule has 0 bridgehead atoms. The van der Waals surface area contributed by atoms with Gasteiger partial charge in [0.25, 0.3) is 0 Å². The summed E-state index contributed by atoms with van der Waals surface area (Å²) < 4.78 is 0. The van der Waals surface area contributed by atoms with Gasteiger partial charge in [-0.3, -0.25) is 9.59 Å². The van der Waals surface area contributed by atoms with Gasteiger partial charge < -0.3 is 10.2 Å². The summed E-state index contributed by atoms with van der Waals surface area (Å²) in [6, 6.07) is 14.2. The van der Waals surface area contributed by atoms with Gasteiger partial charge in [-0.05, 0) is 49.1 Å². The fourth-order valence-corrected chi connectivity index (χ4v) is 4.16. The standard InChI is InChI=1S/C24H28Cl2N2O2/c1-17(24(30)27-21-8-3-2-4-9-21)28(16-19-7-5-6-10-22(19)26)23(29)15-18-11-13-20(25)14-12-18/h5-7,10-14,17,21H,2-4,8-9,15-16H2,1H3,(H,27,30)/t17-/m0/s1. The molecule has 3 rings (SSSR count). The van der Waals surface area contributed by atoms with E-state index in [1.54, 1.807) is 30.0 Å². The summed E-state index contributed by atoms with van der Waals surface area (Å²) in [5.74, 6) is -0.234. The predicted octanol–water partition coefficient (Wildman–Crippen LogP) is 5.40. The minimum absolute atomic E-state index is 0.113. The highest BCUT2D eigenvalue weighted by molar-refractivity contribution is 6.31. The molecule has 2 aromatic rings. The monoisotopic (exact) mass is 446 g/mol. The molecule has 1 atom stereocenters. The SMILES string of the molecule is C[C@@H](C(=O)NC1CCCCC1)N(Cc1ccccc1Cl)C(=O)Cc1ccc(Cl)cc1. The zero-order valence-corrected chi connectivity index (χ0v) is 18.8. The highest BCUT2D eigenvalue weighted by Crippen LogP contribution is 2.21. The molecule has 4 nitrogen and oxygen atoms in total. The first kappa shape index (κ1) is 22.6. The van der Waals surface area contributed by atoms with Crippen molar-refractivity contribution in [3.63, 3.8) is 0 Å². The molecule has 2 aromatic carbocycles. The van der Waals surface area contributed by atoms with Crippen LogP contribution >= 0.6 is 23.2 Å². The van der Waals surface area contributed by atoms with Crippen LogP contribution in [0.5, 0.6) is 0 Å². The van der Waals surface area contributed by atoms with Gasteiger partial charge in [0.05, 0.1) is 6.42 Å². The summed E-state index contributed by atoms with van der Waals surface area (Å²) in [6.07, 6.45) is 5.70. The number of amides is 2. The third-order valence-electron chi connectivity index (χ3n) is 5.69. The lowest BCUT2D eigenvalue weighted by molar-refractivity contribution is -0.140. The third kappa shape index (κ3) is 6.23. The van der Waals surface area contributed by atoms with Crippen LogP contribution in [0.15, 0.2) is 48.5 Å². The number of nitrogens with zero attached hydrogens (tertiary/aromatic N) is 1. The van der Waals surface area contributed by atoms with Crippen molar-refractivity contribution in [1.82, 2.24) is 10.2 Å². The van der Waals surface area contributed by atoms with Crippen LogP contribution in [0.1, 0.15) is 50.2 Å². The Morgan fingerprint density at radius 3 is 2.37 bits per heavy atom. The molecule has 2 amide bonds. The average molecular weight is 447 g/mol. The lowest BCUT2D eigenvalue weighted by Crippen LogP contribution is -2.50. The van der Waals surface area contributed by atoms with E-state index >= 15 is 0 Å². The maximum absolute atomic E-state index is 13.2. The van der Waals surface area contributed by atoms with Crippen molar-refractivity contribution >= 4 is 35.0 Å². The molecule has 0 unspecified atom stereocenters. The molecule has 0 saturated heterocycles. The van der Waals surface area contributed by atoms with E-state index in [9.17, 15) is 9.59 Å². The van der Waals surface area contributed by atoms with Crippen LogP contribution in [0, 0.1) is 0 Å². The molecule has 1 fully saturated rings. The second-order valence-corrected chi connectivity index (χ2v) is 8.78. The van der Waals surface area contributed by atoms with Crippen molar-refractivity contribution < 1.29 is 9.59 Å². The zero-order chi connectivity index (χ0) is 21.5. The minimum Gasteiger partial charge on any atom is -0.352 e. The van der Waals surface area contributed by atoms with Gasteiger partial charge >= 0.3 is 0 Å². The van der Waals surface area contributed by atoms with E-state index in [0.717, 1.165) is 36.8 Å². The van der Waals surface area contributed by atoms with E-state index in [2.05, 4.69) is 5.32 Å². The van der Waals surface area contributed by atoms with Crippen LogP contribution in [0.3, 0.4) is 0 Å². The van der Waals surface area contributed by atoms with Crippen molar-refractivity contribution in [1.29, 1.82) is 0 Å². The summed E-state index contributed by atoms with van der Waals surface area (Å²) in [5.41, 5.74) is 1.68. The van der Waals surface area contributed by atoms with Crippen LogP contribution in [-0.2, 0) is 22.6 Å². The Morgan fingerprint density at radius 1 is 1.03 bits per heavy atom. The molecule has 1 aliphatic carbocycles. The van der Waals surface area contributed by atoms with Gasteiger partial charge in [0.15, 0.2) is 0 Å². The van der Waals surface area contributed by atoms with Gasteiger partial charge in [-0.25, -0.2) is 0 Å². The number of nitrogens with one attached hydrogen (secondary N) is 1. The number of hydrogen-bond donors (Lipinski definition) is 1. The van der Waals surface area contributed by atoms with Gasteiger partial charge in [0.2, 0.25) is 11.8 Å². The van der Waals surface area contributed by atoms with Crippen molar-refractivity contribution in [2.24, 2.45) is 0 Å². The fraction of sp³-hybridized carbons (Fsp3) is 0.417. The minimum atomic E-state index is -0.594. The van der Waals surface area contributed by atoms with Crippen LogP contribution in [0.4, 0.5) is 0 Å². The third-order valence-corrected chi connectivity index (χ3v) is 6.31. The Morgan fingerprint density at radius 2 is 1.70 bits per heavy atom. The highest BCUT2D eigenvalue weighted by Gasteiger charge is 2.28. The van der Waals surface area contributed by atoms with Crippen LogP contribution in [0.25, 0.3) is 0 Å². The summed E-state index contributed by atoms with van der Waals surface area (Å²) in [6.45, 7) is 2.07. The Hall–Kier alpha value is -2.04. The first-order valence-electron chi connectivity index (χ1n) is 10.5. The molecule has 0 spiro atoms. The van der Waals surface area contributed by atoms with Crippen molar-refractivity contribution in [2.45, 2.75) is 64.1 Å². The van der Waals surface area contributed by atoms with Gasteiger partial charge in [0, 0.05) is 22.6 Å². The molecule has 6 heteroatoms. The van der Waals surface area contributed by atoms with E-state index in [0.29, 0.717) is 10.0 Å². The topological polar surface area (TPSA) is 49.4 Å². The molecule has 0 aromatic heterocycles. The molecule has 160 valence electrons. The number of halogens is 2. The second kappa shape index (κ2) is 10.8. The molecule has 0 radical (unpaired) electrons. The molecule has 0 aliphatic heterocycles. The molecule has 30 heavy (non-hydrogen) atoms. The van der Waals surface area contributed by atoms with Crippen molar-refractivity contribution in [2.75, 3.05) is 0 Å². The maximum atomic E-state index is 13.2. The summed E-state index contributed by atoms with van der Waals surface area (Å²) in [7, 11) is 0. The molecule has 1 saturated carbocycles. The van der Waals surface area contributed by atoms with Gasteiger partial charge in [-0.1, -0.05) is 72.8 Å². The first-order valence-corrected chi connectivity index (χ1v) is 11.3. The highest BCUT2D eigenvalue weighted by atomic mass is 35.5. The Kier molecular flexibility index (Phi) is 8.17. The number of hydrogen-bond acceptors (Lipinski definition) is 2. The summed E-state index contributed by atoms with van der Waals surface area (Å²) >= 11 is 12.3. The molecular weight excluding hydrogens is 419 g/mol. The number of carbonyl (C=O) groups is 2. The molecular formula is C24H28Cl2N2O2. The lowest BCUT2D eigenvalue weighted by atomic mass is 9.95. The molecule has 1 aliphatic rings. The summed E-state index contributed by atoms with van der Waals surface area (Å²) in [5, 5.41) is 4.35. The van der Waals surface area contributed by atoms with E-state index in [4.69, 9.17) is 23.2 Å². The molecule has 1 N–H and O–H groups in total. The van der Waals surface area contributed by atoms with Gasteiger partial charge in [-0.15, -0.1) is 0 Å². The zero-order valence-electron chi connectivity index (χ0n) is 17.2. The predicted molar refractivity (Wildman–Crippen MR) is 122 cm³/mol. The van der Waals surface area contributed by atoms with E-state index in [-0.39, 0.29) is 30.8 Å². The Balaban J connectivity index is 1.76.